The topological polar surface area (TPSA) is 58.2 Å². The zero-order valence-corrected chi connectivity index (χ0v) is 13.2. The molecule has 23 heavy (non-hydrogen) atoms. The number of hydrogen-bond donors (Lipinski definition) is 2. The summed E-state index contributed by atoms with van der Waals surface area (Å²) >= 11 is 5.66. The summed E-state index contributed by atoms with van der Waals surface area (Å²) in [6.07, 6.45) is 0. The molecule has 4 nitrogen and oxygen atoms in total. The molecule has 0 spiro atoms. The van der Waals surface area contributed by atoms with E-state index in [9.17, 15) is 14.0 Å². The molecule has 0 aromatic heterocycles. The van der Waals surface area contributed by atoms with Crippen LogP contribution >= 0.6 is 11.6 Å². The van der Waals surface area contributed by atoms with E-state index in [0.29, 0.717) is 17.8 Å². The lowest BCUT2D eigenvalue weighted by Gasteiger charge is -2.08. The van der Waals surface area contributed by atoms with Crippen LogP contribution in [0.3, 0.4) is 0 Å². The maximum Gasteiger partial charge on any atom is 0.255 e. The number of benzene rings is 2. The summed E-state index contributed by atoms with van der Waals surface area (Å²) in [5, 5.41) is 4.78. The third-order valence-electron chi connectivity index (χ3n) is 3.15. The van der Waals surface area contributed by atoms with Crippen molar-refractivity contribution in [2.45, 2.75) is 18.8 Å². The van der Waals surface area contributed by atoms with Crippen molar-refractivity contribution in [3.63, 3.8) is 0 Å². The van der Waals surface area contributed by atoms with Crippen molar-refractivity contribution < 1.29 is 14.0 Å². The van der Waals surface area contributed by atoms with Gasteiger partial charge in [0.15, 0.2) is 0 Å². The van der Waals surface area contributed by atoms with Gasteiger partial charge in [-0.3, -0.25) is 9.59 Å². The first-order valence-electron chi connectivity index (χ1n) is 7.03. The van der Waals surface area contributed by atoms with Gasteiger partial charge in [-0.1, -0.05) is 12.1 Å². The number of anilines is 1. The van der Waals surface area contributed by atoms with E-state index in [-0.39, 0.29) is 17.6 Å². The monoisotopic (exact) mass is 334 g/mol. The molecule has 0 aliphatic rings. The van der Waals surface area contributed by atoms with E-state index in [1.165, 1.54) is 24.3 Å². The fraction of sp³-hybridized carbons (Fsp3) is 0.176. The van der Waals surface area contributed by atoms with Gasteiger partial charge in [-0.2, -0.15) is 0 Å². The molecular weight excluding hydrogens is 319 g/mol. The molecule has 1 atom stereocenters. The van der Waals surface area contributed by atoms with Crippen molar-refractivity contribution >= 4 is 29.1 Å². The Morgan fingerprint density at radius 3 is 2.26 bits per heavy atom. The van der Waals surface area contributed by atoms with Crippen molar-refractivity contribution in [1.29, 1.82) is 0 Å². The molecule has 0 aliphatic carbocycles. The number of alkyl halides is 1. The molecule has 1 unspecified atom stereocenters. The third-order valence-corrected chi connectivity index (χ3v) is 3.34. The normalized spacial score (nSPS) is 11.6. The predicted molar refractivity (Wildman–Crippen MR) is 88.0 cm³/mol. The minimum absolute atomic E-state index is 0.246. The van der Waals surface area contributed by atoms with E-state index in [4.69, 9.17) is 11.6 Å². The minimum Gasteiger partial charge on any atom is -0.351 e. The van der Waals surface area contributed by atoms with Gasteiger partial charge in [0.25, 0.3) is 5.91 Å². The number of carbonyl (C=O) groups excluding carboxylic acids is 2. The molecule has 6 heteroatoms. The summed E-state index contributed by atoms with van der Waals surface area (Å²) in [6.45, 7) is 1.94. The summed E-state index contributed by atoms with van der Waals surface area (Å²) < 4.78 is 12.8. The van der Waals surface area contributed by atoms with Gasteiger partial charge in [-0.05, 0) is 48.9 Å². The van der Waals surface area contributed by atoms with Crippen molar-refractivity contribution in [2.75, 3.05) is 5.32 Å². The molecule has 120 valence electrons. The van der Waals surface area contributed by atoms with Gasteiger partial charge in [-0.15, -0.1) is 11.6 Å². The molecule has 2 aromatic carbocycles. The van der Waals surface area contributed by atoms with Crippen molar-refractivity contribution in [1.82, 2.24) is 5.32 Å². The Hall–Kier alpha value is -2.40. The van der Waals surface area contributed by atoms with Gasteiger partial charge in [0, 0.05) is 17.8 Å². The van der Waals surface area contributed by atoms with Crippen LogP contribution in [-0.2, 0) is 11.3 Å². The maximum absolute atomic E-state index is 12.8. The number of nitrogens with one attached hydrogen (secondary N) is 2. The highest BCUT2D eigenvalue weighted by Crippen LogP contribution is 2.11. The summed E-state index contributed by atoms with van der Waals surface area (Å²) in [5.74, 6) is -0.896. The zero-order valence-electron chi connectivity index (χ0n) is 12.5. The fourth-order valence-corrected chi connectivity index (χ4v) is 1.92. The smallest absolute Gasteiger partial charge is 0.255 e. The van der Waals surface area contributed by atoms with Gasteiger partial charge in [0.05, 0.1) is 0 Å². The van der Waals surface area contributed by atoms with Crippen LogP contribution in [0.25, 0.3) is 0 Å². The Kier molecular flexibility index (Phi) is 5.71. The molecule has 2 aromatic rings. The summed E-state index contributed by atoms with van der Waals surface area (Å²) in [6, 6.07) is 12.3. The first kappa shape index (κ1) is 17.0. The highest BCUT2D eigenvalue weighted by atomic mass is 35.5. The van der Waals surface area contributed by atoms with Crippen LogP contribution in [0.4, 0.5) is 10.1 Å². The van der Waals surface area contributed by atoms with Crippen LogP contribution in [0.5, 0.6) is 0 Å². The molecule has 0 aliphatic heterocycles. The van der Waals surface area contributed by atoms with Crippen LogP contribution in [-0.4, -0.2) is 17.2 Å². The van der Waals surface area contributed by atoms with E-state index in [0.717, 1.165) is 5.56 Å². The number of halogens is 2. The Bertz CT molecular complexity index is 685. The van der Waals surface area contributed by atoms with Crippen molar-refractivity contribution in [3.05, 3.63) is 65.5 Å². The number of rotatable bonds is 5. The number of carbonyl (C=O) groups is 2. The van der Waals surface area contributed by atoms with Crippen LogP contribution < -0.4 is 10.6 Å². The molecule has 2 amide bonds. The molecule has 0 radical (unpaired) electrons. The first-order chi connectivity index (χ1) is 11.0. The molecule has 0 fully saturated rings. The molecule has 0 heterocycles. The van der Waals surface area contributed by atoms with E-state index < -0.39 is 5.38 Å². The van der Waals surface area contributed by atoms with Crippen LogP contribution in [0.15, 0.2) is 48.5 Å². The minimum atomic E-state index is -0.587. The SMILES string of the molecule is CC(Cl)C(=O)NCc1ccc(C(=O)Nc2ccc(F)cc2)cc1. The summed E-state index contributed by atoms with van der Waals surface area (Å²) in [7, 11) is 0. The van der Waals surface area contributed by atoms with Crippen molar-refractivity contribution in [2.24, 2.45) is 0 Å². The number of amides is 2. The first-order valence-corrected chi connectivity index (χ1v) is 7.47. The van der Waals surface area contributed by atoms with Gasteiger partial charge < -0.3 is 10.6 Å². The molecule has 0 saturated heterocycles. The Morgan fingerprint density at radius 1 is 1.09 bits per heavy atom. The molecular formula is C17H16ClFN2O2. The Balaban J connectivity index is 1.94. The maximum atomic E-state index is 12.8. The van der Waals surface area contributed by atoms with Crippen LogP contribution in [0.2, 0.25) is 0 Å². The third kappa shape index (κ3) is 5.07. The quantitative estimate of drug-likeness (QED) is 0.824. The predicted octanol–water partition coefficient (Wildman–Crippen LogP) is 3.32. The lowest BCUT2D eigenvalue weighted by Crippen LogP contribution is -2.29. The highest BCUT2D eigenvalue weighted by molar-refractivity contribution is 6.30. The molecule has 0 bridgehead atoms. The van der Waals surface area contributed by atoms with E-state index in [1.54, 1.807) is 31.2 Å². The zero-order chi connectivity index (χ0) is 16.8. The highest BCUT2D eigenvalue weighted by Gasteiger charge is 2.09. The van der Waals surface area contributed by atoms with E-state index in [2.05, 4.69) is 10.6 Å². The second-order valence-corrected chi connectivity index (χ2v) is 5.65. The van der Waals surface area contributed by atoms with Gasteiger partial charge in [-0.25, -0.2) is 4.39 Å². The second kappa shape index (κ2) is 7.74. The summed E-state index contributed by atoms with van der Waals surface area (Å²) in [5.41, 5.74) is 1.84. The van der Waals surface area contributed by atoms with E-state index in [1.807, 2.05) is 0 Å². The van der Waals surface area contributed by atoms with Crippen LogP contribution in [0, 0.1) is 5.82 Å². The summed E-state index contributed by atoms with van der Waals surface area (Å²) in [4.78, 5) is 23.5. The molecule has 2 rings (SSSR count). The number of hydrogen-bond acceptors (Lipinski definition) is 2. The fourth-order valence-electron chi connectivity index (χ4n) is 1.84. The average Bonchev–Trinajstić information content (AvgIpc) is 2.55. The molecule has 2 N–H and O–H groups in total. The van der Waals surface area contributed by atoms with Gasteiger partial charge in [0.1, 0.15) is 11.2 Å². The van der Waals surface area contributed by atoms with Crippen molar-refractivity contribution in [3.8, 4) is 0 Å². The lowest BCUT2D eigenvalue weighted by molar-refractivity contribution is -0.120. The van der Waals surface area contributed by atoms with Crippen LogP contribution in [0.1, 0.15) is 22.8 Å². The largest absolute Gasteiger partial charge is 0.351 e. The van der Waals surface area contributed by atoms with Gasteiger partial charge >= 0.3 is 0 Å². The van der Waals surface area contributed by atoms with Gasteiger partial charge in [0.2, 0.25) is 5.91 Å². The molecule has 0 saturated carbocycles. The Morgan fingerprint density at radius 2 is 1.70 bits per heavy atom. The standard InChI is InChI=1S/C17H16ClFN2O2/c1-11(18)16(22)20-10-12-2-4-13(5-3-12)17(23)21-15-8-6-14(19)7-9-15/h2-9,11H,10H2,1H3,(H,20,22)(H,21,23). The second-order valence-electron chi connectivity index (χ2n) is 4.99. The Labute approximate surface area is 138 Å². The van der Waals surface area contributed by atoms with E-state index >= 15 is 0 Å². The average molecular weight is 335 g/mol. The lowest BCUT2D eigenvalue weighted by atomic mass is 10.1.